The number of aryl methyl sites for hydroxylation is 2. The average Bonchev–Trinajstić information content (AvgIpc) is 3.09. The first-order chi connectivity index (χ1) is 9.98. The molecule has 0 spiro atoms. The molecule has 1 saturated heterocycles. The number of nitrogens with zero attached hydrogens (tertiary/aromatic N) is 4. The van der Waals surface area contributed by atoms with Crippen molar-refractivity contribution in [2.75, 3.05) is 19.7 Å². The van der Waals surface area contributed by atoms with Gasteiger partial charge in [0.25, 0.3) is 0 Å². The van der Waals surface area contributed by atoms with Gasteiger partial charge in [-0.25, -0.2) is 13.4 Å². The van der Waals surface area contributed by atoms with Crippen molar-refractivity contribution in [3.63, 3.8) is 0 Å². The molecule has 1 atom stereocenters. The van der Waals surface area contributed by atoms with Gasteiger partial charge in [-0.15, -0.1) is 0 Å². The Labute approximate surface area is 122 Å². The maximum absolute atomic E-state index is 12.5. The number of morpholine rings is 1. The van der Waals surface area contributed by atoms with E-state index in [1.807, 2.05) is 24.7 Å². The molecule has 1 fully saturated rings. The van der Waals surface area contributed by atoms with E-state index in [0.29, 0.717) is 13.2 Å². The van der Waals surface area contributed by atoms with Crippen molar-refractivity contribution in [2.24, 2.45) is 7.05 Å². The Morgan fingerprint density at radius 3 is 2.90 bits per heavy atom. The third-order valence-electron chi connectivity index (χ3n) is 3.46. The summed E-state index contributed by atoms with van der Waals surface area (Å²) in [7, 11) is -1.67. The van der Waals surface area contributed by atoms with Crippen LogP contribution in [0.2, 0.25) is 0 Å². The standard InChI is InChI=1S/C12H17N5O3S/c1-9-7-16(2)12(15-9)11-8-17(3-4-20-11)21(18,19)10-5-13-14-6-10/h5-7,11H,3-4,8H2,1-2H3,(H,13,14)/t11-/m0/s1. The molecule has 0 bridgehead atoms. The van der Waals surface area contributed by atoms with Gasteiger partial charge in [-0.1, -0.05) is 0 Å². The number of rotatable bonds is 3. The van der Waals surface area contributed by atoms with Gasteiger partial charge in [0.05, 0.1) is 18.5 Å². The summed E-state index contributed by atoms with van der Waals surface area (Å²) < 4.78 is 34.0. The summed E-state index contributed by atoms with van der Waals surface area (Å²) in [5.74, 6) is 0.736. The van der Waals surface area contributed by atoms with Gasteiger partial charge in [0.2, 0.25) is 10.0 Å². The summed E-state index contributed by atoms with van der Waals surface area (Å²) >= 11 is 0. The SMILES string of the molecule is Cc1cn(C)c([C@@H]2CN(S(=O)(=O)c3cn[nH]c3)CCO2)n1. The van der Waals surface area contributed by atoms with Crippen LogP contribution in [-0.2, 0) is 21.8 Å². The normalized spacial score (nSPS) is 20.8. The predicted molar refractivity (Wildman–Crippen MR) is 74.0 cm³/mol. The topological polar surface area (TPSA) is 93.1 Å². The minimum absolute atomic E-state index is 0.166. The first-order valence-electron chi connectivity index (χ1n) is 6.59. The Balaban J connectivity index is 1.85. The number of imidazole rings is 1. The monoisotopic (exact) mass is 311 g/mol. The van der Waals surface area contributed by atoms with Crippen molar-refractivity contribution < 1.29 is 13.2 Å². The van der Waals surface area contributed by atoms with Gasteiger partial charge < -0.3 is 9.30 Å². The number of nitrogens with one attached hydrogen (secondary N) is 1. The highest BCUT2D eigenvalue weighted by Crippen LogP contribution is 2.25. The maximum atomic E-state index is 12.5. The molecule has 1 aliphatic rings. The van der Waals surface area contributed by atoms with E-state index in [4.69, 9.17) is 4.74 Å². The van der Waals surface area contributed by atoms with Gasteiger partial charge in [0, 0.05) is 32.5 Å². The highest BCUT2D eigenvalue weighted by atomic mass is 32.2. The molecule has 0 unspecified atom stereocenters. The lowest BCUT2D eigenvalue weighted by Crippen LogP contribution is -2.42. The molecule has 0 radical (unpaired) electrons. The van der Waals surface area contributed by atoms with Crippen LogP contribution in [-0.4, -0.2) is 52.2 Å². The minimum atomic E-state index is -3.54. The predicted octanol–water partition coefficient (Wildman–Crippen LogP) is 0.214. The van der Waals surface area contributed by atoms with Crippen LogP contribution in [0.25, 0.3) is 0 Å². The number of aromatic nitrogens is 4. The molecule has 1 N–H and O–H groups in total. The second kappa shape index (κ2) is 5.24. The number of sulfonamides is 1. The van der Waals surface area contributed by atoms with Crippen LogP contribution >= 0.6 is 0 Å². The van der Waals surface area contributed by atoms with Gasteiger partial charge in [0.1, 0.15) is 16.8 Å². The molecule has 2 aromatic rings. The minimum Gasteiger partial charge on any atom is -0.368 e. The number of H-pyrrole nitrogens is 1. The van der Waals surface area contributed by atoms with Gasteiger partial charge in [-0.3, -0.25) is 5.10 Å². The van der Waals surface area contributed by atoms with Crippen LogP contribution in [0.3, 0.4) is 0 Å². The van der Waals surface area contributed by atoms with E-state index in [2.05, 4.69) is 15.2 Å². The summed E-state index contributed by atoms with van der Waals surface area (Å²) in [5, 5.41) is 6.23. The molecule has 0 aromatic carbocycles. The zero-order chi connectivity index (χ0) is 15.0. The van der Waals surface area contributed by atoms with Crippen LogP contribution in [0.15, 0.2) is 23.5 Å². The van der Waals surface area contributed by atoms with Crippen molar-refractivity contribution in [1.29, 1.82) is 0 Å². The van der Waals surface area contributed by atoms with E-state index in [-0.39, 0.29) is 17.5 Å². The van der Waals surface area contributed by atoms with E-state index >= 15 is 0 Å². The lowest BCUT2D eigenvalue weighted by molar-refractivity contribution is -0.00893. The Kier molecular flexibility index (Phi) is 3.56. The molecular formula is C12H17N5O3S. The highest BCUT2D eigenvalue weighted by Gasteiger charge is 2.33. The van der Waals surface area contributed by atoms with Crippen molar-refractivity contribution in [1.82, 2.24) is 24.1 Å². The van der Waals surface area contributed by atoms with Crippen LogP contribution in [0.5, 0.6) is 0 Å². The third kappa shape index (κ3) is 2.59. The Morgan fingerprint density at radius 1 is 1.48 bits per heavy atom. The van der Waals surface area contributed by atoms with Crippen molar-refractivity contribution >= 4 is 10.0 Å². The Bertz CT molecular complexity index is 722. The van der Waals surface area contributed by atoms with Gasteiger partial charge in [-0.05, 0) is 6.92 Å². The molecule has 0 amide bonds. The molecule has 3 rings (SSSR count). The molecule has 21 heavy (non-hydrogen) atoms. The molecule has 3 heterocycles. The third-order valence-corrected chi connectivity index (χ3v) is 5.29. The maximum Gasteiger partial charge on any atom is 0.246 e. The van der Waals surface area contributed by atoms with E-state index in [1.54, 1.807) is 0 Å². The summed E-state index contributed by atoms with van der Waals surface area (Å²) in [6.07, 6.45) is 4.22. The van der Waals surface area contributed by atoms with E-state index in [9.17, 15) is 8.42 Å². The largest absolute Gasteiger partial charge is 0.368 e. The van der Waals surface area contributed by atoms with Crippen LogP contribution in [0.1, 0.15) is 17.6 Å². The second-order valence-electron chi connectivity index (χ2n) is 5.01. The molecule has 2 aromatic heterocycles. The number of ether oxygens (including phenoxy) is 1. The molecule has 0 aliphatic carbocycles. The van der Waals surface area contributed by atoms with Gasteiger partial charge in [-0.2, -0.15) is 9.40 Å². The number of aromatic amines is 1. The fraction of sp³-hybridized carbons (Fsp3) is 0.500. The number of hydrogen-bond donors (Lipinski definition) is 1. The van der Waals surface area contributed by atoms with E-state index < -0.39 is 10.0 Å². The first-order valence-corrected chi connectivity index (χ1v) is 8.03. The lowest BCUT2D eigenvalue weighted by atomic mass is 10.3. The molecule has 9 heteroatoms. The summed E-state index contributed by atoms with van der Waals surface area (Å²) in [6.45, 7) is 2.81. The van der Waals surface area contributed by atoms with Crippen molar-refractivity contribution in [3.8, 4) is 0 Å². The molecule has 8 nitrogen and oxygen atoms in total. The first kappa shape index (κ1) is 14.2. The molecule has 1 aliphatic heterocycles. The zero-order valence-electron chi connectivity index (χ0n) is 11.9. The summed E-state index contributed by atoms with van der Waals surface area (Å²) in [6, 6.07) is 0. The molecule has 114 valence electrons. The van der Waals surface area contributed by atoms with Crippen molar-refractivity contribution in [2.45, 2.75) is 17.9 Å². The van der Waals surface area contributed by atoms with Gasteiger partial charge >= 0.3 is 0 Å². The van der Waals surface area contributed by atoms with E-state index in [1.165, 1.54) is 16.7 Å². The fourth-order valence-electron chi connectivity index (χ4n) is 2.46. The van der Waals surface area contributed by atoms with Gasteiger partial charge in [0.15, 0.2) is 0 Å². The fourth-order valence-corrected chi connectivity index (χ4v) is 3.80. The average molecular weight is 311 g/mol. The quantitative estimate of drug-likeness (QED) is 0.875. The Morgan fingerprint density at radius 2 is 2.29 bits per heavy atom. The lowest BCUT2D eigenvalue weighted by Gasteiger charge is -2.31. The van der Waals surface area contributed by atoms with Crippen molar-refractivity contribution in [3.05, 3.63) is 30.1 Å². The molecular weight excluding hydrogens is 294 g/mol. The summed E-state index contributed by atoms with van der Waals surface area (Å²) in [4.78, 5) is 4.58. The second-order valence-corrected chi connectivity index (χ2v) is 6.95. The van der Waals surface area contributed by atoms with Crippen LogP contribution < -0.4 is 0 Å². The van der Waals surface area contributed by atoms with Crippen LogP contribution in [0, 0.1) is 6.92 Å². The molecule has 0 saturated carbocycles. The van der Waals surface area contributed by atoms with Crippen LogP contribution in [0.4, 0.5) is 0 Å². The van der Waals surface area contributed by atoms with E-state index in [0.717, 1.165) is 11.5 Å². The summed E-state index contributed by atoms with van der Waals surface area (Å²) in [5.41, 5.74) is 0.880. The smallest absolute Gasteiger partial charge is 0.246 e. The zero-order valence-corrected chi connectivity index (χ0v) is 12.7. The Hall–Kier alpha value is -1.71. The number of hydrogen-bond acceptors (Lipinski definition) is 5. The highest BCUT2D eigenvalue weighted by molar-refractivity contribution is 7.89.